The number of allylic oxidation sites excluding steroid dienone is 1. The third kappa shape index (κ3) is 7.57. The van der Waals surface area contributed by atoms with Gasteiger partial charge in [-0.3, -0.25) is 14.6 Å². The third-order valence-electron chi connectivity index (χ3n) is 12.4. The van der Waals surface area contributed by atoms with Crippen molar-refractivity contribution in [2.24, 2.45) is 16.8 Å². The molecule has 60 heavy (non-hydrogen) atoms. The number of nitrogens with zero attached hydrogens (tertiary/aromatic N) is 4. The second-order valence-corrected chi connectivity index (χ2v) is 16.8. The zero-order valence-corrected chi connectivity index (χ0v) is 35.1. The first kappa shape index (κ1) is 40.5. The number of alkyl carbamates (subject to hydrolysis) is 2. The molecule has 4 heterocycles. The van der Waals surface area contributed by atoms with Crippen LogP contribution in [0.1, 0.15) is 77.2 Å². The van der Waals surface area contributed by atoms with Gasteiger partial charge in [0.15, 0.2) is 0 Å². The molecule has 8 rings (SSSR count). The number of aromatic nitrogens is 2. The Hall–Kier alpha value is -6.24. The molecule has 0 unspecified atom stereocenters. The number of methoxy groups -OCH3 is 2. The van der Waals surface area contributed by atoms with E-state index < -0.39 is 24.3 Å². The summed E-state index contributed by atoms with van der Waals surface area (Å²) in [6.07, 6.45) is 6.52. The Labute approximate surface area is 349 Å². The molecule has 4 aromatic carbocycles. The van der Waals surface area contributed by atoms with Gasteiger partial charge in [0.1, 0.15) is 17.9 Å². The molecule has 4 atom stereocenters. The van der Waals surface area contributed by atoms with Gasteiger partial charge in [0.2, 0.25) is 11.8 Å². The van der Waals surface area contributed by atoms with E-state index in [9.17, 15) is 19.2 Å². The highest BCUT2D eigenvalue weighted by atomic mass is 16.5. The molecule has 1 aromatic heterocycles. The Morgan fingerprint density at radius 2 is 1.22 bits per heavy atom. The molecule has 13 heteroatoms. The molecule has 2 fully saturated rings. The summed E-state index contributed by atoms with van der Waals surface area (Å²) >= 11 is 0. The van der Waals surface area contributed by atoms with E-state index in [1.165, 1.54) is 14.2 Å². The molecular formula is C47H53N7O6. The van der Waals surface area contributed by atoms with Gasteiger partial charge < -0.3 is 34.9 Å². The quantitative estimate of drug-likeness (QED) is 0.120. The number of fused-ring (bicyclic) bond motifs is 6. The van der Waals surface area contributed by atoms with Crippen LogP contribution in [-0.4, -0.2) is 94.9 Å². The molecule has 312 valence electrons. The molecule has 0 radical (unpaired) electrons. The van der Waals surface area contributed by atoms with E-state index in [-0.39, 0.29) is 35.7 Å². The first-order chi connectivity index (χ1) is 29.0. The van der Waals surface area contributed by atoms with Crippen LogP contribution < -0.4 is 10.6 Å². The maximum absolute atomic E-state index is 13.8. The average molecular weight is 812 g/mol. The SMILES string of the molecule is COC(=O)N[C@H](C(=O)N1CCC[C@H]1C1=NC=C(c2ccc3c4ccc(-c5cnc([C@@H]6CCCN6C(=O)[C@@H](NC(=O)OC)C(C)C)[nH]5)cc4c4ccccc4c3c2)C1)C(C)C. The summed E-state index contributed by atoms with van der Waals surface area (Å²) in [5.41, 5.74) is 5.03. The van der Waals surface area contributed by atoms with Crippen molar-refractivity contribution in [3.05, 3.63) is 84.4 Å². The molecule has 13 nitrogen and oxygen atoms in total. The van der Waals surface area contributed by atoms with Crippen molar-refractivity contribution in [3.8, 4) is 11.3 Å². The standard InChI is InChI=1S/C47H53N7O6/c1-26(2)41(51-46(57)59-5)44(55)53-19-9-13-39(53)37-23-30(24-48-37)28-15-17-33-34-18-16-29(22-36(34)32-12-8-7-11-31(32)35(33)21-28)38-25-49-43(50-38)40-14-10-20-54(40)45(56)42(27(3)4)52-47(58)60-6/h7-8,11-12,15-18,21-22,24-27,39-42H,9-10,13-14,19-20,23H2,1-6H3,(H,49,50)(H,51,57)(H,52,58)/t39-,40-,41-,42-/m0/s1. The van der Waals surface area contributed by atoms with Gasteiger partial charge in [-0.05, 0) is 93.1 Å². The fraction of sp³-hybridized carbons (Fsp3) is 0.404. The molecule has 4 amide bonds. The number of imidazole rings is 1. The van der Waals surface area contributed by atoms with Crippen molar-refractivity contribution in [1.29, 1.82) is 0 Å². The molecular weight excluding hydrogens is 759 g/mol. The van der Waals surface area contributed by atoms with E-state index >= 15 is 0 Å². The second-order valence-electron chi connectivity index (χ2n) is 16.8. The number of H-pyrrole nitrogens is 1. The topological polar surface area (TPSA) is 158 Å². The molecule has 0 spiro atoms. The van der Waals surface area contributed by atoms with Gasteiger partial charge in [0.05, 0.1) is 38.2 Å². The number of hydrogen-bond acceptors (Lipinski definition) is 8. The monoisotopic (exact) mass is 811 g/mol. The third-order valence-corrected chi connectivity index (χ3v) is 12.4. The number of hydrogen-bond donors (Lipinski definition) is 3. The van der Waals surface area contributed by atoms with E-state index in [0.717, 1.165) is 91.9 Å². The van der Waals surface area contributed by atoms with Crippen LogP contribution in [0.3, 0.4) is 0 Å². The fourth-order valence-electron chi connectivity index (χ4n) is 9.25. The first-order valence-corrected chi connectivity index (χ1v) is 21.0. The zero-order valence-electron chi connectivity index (χ0n) is 35.1. The van der Waals surface area contributed by atoms with Crippen molar-refractivity contribution < 1.29 is 28.7 Å². The lowest BCUT2D eigenvalue weighted by Gasteiger charge is -2.31. The van der Waals surface area contributed by atoms with Gasteiger partial charge in [0.25, 0.3) is 0 Å². The summed E-state index contributed by atoms with van der Waals surface area (Å²) in [6, 6.07) is 19.9. The Morgan fingerprint density at radius 1 is 0.700 bits per heavy atom. The molecule has 2 saturated heterocycles. The lowest BCUT2D eigenvalue weighted by atomic mass is 9.90. The summed E-state index contributed by atoms with van der Waals surface area (Å²) < 4.78 is 9.60. The lowest BCUT2D eigenvalue weighted by molar-refractivity contribution is -0.135. The second kappa shape index (κ2) is 16.8. The normalized spacial score (nSPS) is 18.9. The van der Waals surface area contributed by atoms with Crippen LogP contribution in [0.4, 0.5) is 9.59 Å². The van der Waals surface area contributed by atoms with E-state index in [1.807, 2.05) is 49.9 Å². The number of nitrogens with one attached hydrogen (secondary N) is 3. The number of aromatic amines is 1. The summed E-state index contributed by atoms with van der Waals surface area (Å²) in [7, 11) is 2.60. The number of rotatable bonds is 10. The first-order valence-electron chi connectivity index (χ1n) is 21.0. The Kier molecular flexibility index (Phi) is 11.3. The van der Waals surface area contributed by atoms with Crippen LogP contribution in [0.25, 0.3) is 49.1 Å². The van der Waals surface area contributed by atoms with Crippen LogP contribution in [0.2, 0.25) is 0 Å². The smallest absolute Gasteiger partial charge is 0.407 e. The van der Waals surface area contributed by atoms with Gasteiger partial charge in [-0.2, -0.15) is 0 Å². The number of amides is 4. The predicted octanol–water partition coefficient (Wildman–Crippen LogP) is 8.14. The number of carbonyl (C=O) groups excluding carboxylic acids is 4. The summed E-state index contributed by atoms with van der Waals surface area (Å²) in [6.45, 7) is 8.87. The summed E-state index contributed by atoms with van der Waals surface area (Å²) in [4.78, 5) is 68.5. The van der Waals surface area contributed by atoms with Crippen molar-refractivity contribution in [2.75, 3.05) is 27.3 Å². The minimum absolute atomic E-state index is 0.0973. The van der Waals surface area contributed by atoms with Crippen molar-refractivity contribution >= 4 is 67.6 Å². The zero-order chi connectivity index (χ0) is 42.2. The van der Waals surface area contributed by atoms with Crippen LogP contribution in [-0.2, 0) is 19.1 Å². The molecule has 0 bridgehead atoms. The van der Waals surface area contributed by atoms with E-state index in [2.05, 4.69) is 76.3 Å². The van der Waals surface area contributed by atoms with Crippen molar-refractivity contribution in [1.82, 2.24) is 30.4 Å². The van der Waals surface area contributed by atoms with Gasteiger partial charge in [-0.15, -0.1) is 0 Å². The minimum Gasteiger partial charge on any atom is -0.453 e. The number of aliphatic imine (C=N–C) groups is 1. The summed E-state index contributed by atoms with van der Waals surface area (Å²) in [5, 5.41) is 12.3. The van der Waals surface area contributed by atoms with Crippen LogP contribution in [0.5, 0.6) is 0 Å². The highest BCUT2D eigenvalue weighted by molar-refractivity contribution is 6.26. The van der Waals surface area contributed by atoms with Crippen molar-refractivity contribution in [3.63, 3.8) is 0 Å². The average Bonchev–Trinajstić information content (AvgIpc) is 4.10. The maximum atomic E-state index is 13.8. The van der Waals surface area contributed by atoms with E-state index in [0.29, 0.717) is 19.5 Å². The Balaban J connectivity index is 1.04. The molecule has 3 aliphatic heterocycles. The number of likely N-dealkylation sites (tertiary alicyclic amines) is 2. The molecule has 0 saturated carbocycles. The fourth-order valence-corrected chi connectivity index (χ4v) is 9.25. The maximum Gasteiger partial charge on any atom is 0.407 e. The van der Waals surface area contributed by atoms with Gasteiger partial charge in [0, 0.05) is 37.0 Å². The number of ether oxygens (including phenoxy) is 2. The summed E-state index contributed by atoms with van der Waals surface area (Å²) in [5.74, 6) is 0.270. The predicted molar refractivity (Wildman–Crippen MR) is 233 cm³/mol. The molecule has 0 aliphatic carbocycles. The van der Waals surface area contributed by atoms with E-state index in [4.69, 9.17) is 19.5 Å². The van der Waals surface area contributed by atoms with Gasteiger partial charge in [-0.25, -0.2) is 14.6 Å². The van der Waals surface area contributed by atoms with Crippen LogP contribution in [0, 0.1) is 11.8 Å². The van der Waals surface area contributed by atoms with Crippen molar-refractivity contribution in [2.45, 2.75) is 84.0 Å². The largest absolute Gasteiger partial charge is 0.453 e. The van der Waals surface area contributed by atoms with Gasteiger partial charge >= 0.3 is 12.2 Å². The Morgan fingerprint density at radius 3 is 1.78 bits per heavy atom. The highest BCUT2D eigenvalue weighted by Gasteiger charge is 2.39. The molecule has 3 N–H and O–H groups in total. The van der Waals surface area contributed by atoms with Gasteiger partial charge in [-0.1, -0.05) is 76.2 Å². The lowest BCUT2D eigenvalue weighted by Crippen LogP contribution is -2.53. The van der Waals surface area contributed by atoms with Crippen LogP contribution in [0.15, 0.2) is 78.1 Å². The molecule has 3 aliphatic rings. The Bertz CT molecular complexity index is 2540. The number of carbonyl (C=O) groups is 4. The van der Waals surface area contributed by atoms with E-state index in [1.54, 1.807) is 0 Å². The number of benzene rings is 4. The molecule has 5 aromatic rings. The minimum atomic E-state index is -0.699. The van der Waals surface area contributed by atoms with Crippen LogP contribution >= 0.6 is 0 Å². The highest BCUT2D eigenvalue weighted by Crippen LogP contribution is 2.40.